The highest BCUT2D eigenvalue weighted by atomic mass is 16.5. The van der Waals surface area contributed by atoms with Crippen LogP contribution in [0, 0.1) is 0 Å². The van der Waals surface area contributed by atoms with Gasteiger partial charge in [0.25, 0.3) is 0 Å². The average Bonchev–Trinajstić information content (AvgIpc) is 3.20. The molecule has 6 heteroatoms. The number of rotatable bonds is 41. The zero-order chi connectivity index (χ0) is 41.7. The number of allylic oxidation sites excluding steroid dienone is 11. The fraction of sp³-hybridized carbons (Fsp3) is 0.725. The number of carbonyl (C=O) groups is 2. The number of esters is 1. The maximum absolute atomic E-state index is 13.1. The molecule has 57 heavy (non-hydrogen) atoms. The van der Waals surface area contributed by atoms with Crippen LogP contribution in [-0.2, 0) is 14.3 Å². The first-order valence-corrected chi connectivity index (χ1v) is 23.7. The van der Waals surface area contributed by atoms with Gasteiger partial charge in [-0.2, -0.15) is 0 Å². The highest BCUT2D eigenvalue weighted by Crippen LogP contribution is 2.16. The molecule has 0 aromatic heterocycles. The monoisotopic (exact) mass is 796 g/mol. The van der Waals surface area contributed by atoms with Crippen LogP contribution in [-0.4, -0.2) is 46.9 Å². The molecule has 0 saturated carbocycles. The van der Waals surface area contributed by atoms with Crippen molar-refractivity contribution in [2.75, 3.05) is 6.61 Å². The molecule has 3 unspecified atom stereocenters. The molecule has 0 bridgehead atoms. The predicted octanol–water partition coefficient (Wildman–Crippen LogP) is 13.8. The molecule has 6 nitrogen and oxygen atoms in total. The molecule has 3 atom stereocenters. The normalized spacial score (nSPS) is 14.0. The molecule has 0 spiro atoms. The predicted molar refractivity (Wildman–Crippen MR) is 245 cm³/mol. The van der Waals surface area contributed by atoms with E-state index in [4.69, 9.17) is 4.74 Å². The molecular weight excluding hydrogens is 707 g/mol. The maximum Gasteiger partial charge on any atom is 0.306 e. The first-order valence-electron chi connectivity index (χ1n) is 23.7. The topological polar surface area (TPSA) is 95.9 Å². The number of carbonyl (C=O) groups excluding carboxylic acids is 2. The van der Waals surface area contributed by atoms with Gasteiger partial charge in [0.2, 0.25) is 5.91 Å². The SMILES string of the molecule is CC/C=C/C=C/C=C\C=C/C=C/CC(CC(=O)NC(CO)C(O)CCCCCCCCCCCCCCCCCC)OC(=O)CCCCCCC/C=C\CCCC. The zero-order valence-corrected chi connectivity index (χ0v) is 37.2. The molecule has 0 aliphatic heterocycles. The summed E-state index contributed by atoms with van der Waals surface area (Å²) in [7, 11) is 0. The third kappa shape index (κ3) is 39.9. The second kappa shape index (κ2) is 44.4. The number of unbranched alkanes of at least 4 members (excludes halogenated alkanes) is 22. The van der Waals surface area contributed by atoms with Gasteiger partial charge in [0.05, 0.1) is 25.2 Å². The van der Waals surface area contributed by atoms with Crippen LogP contribution in [0.4, 0.5) is 0 Å². The summed E-state index contributed by atoms with van der Waals surface area (Å²) in [6.07, 6.45) is 55.6. The van der Waals surface area contributed by atoms with Crippen molar-refractivity contribution in [2.45, 2.75) is 232 Å². The van der Waals surface area contributed by atoms with Crippen molar-refractivity contribution < 1.29 is 24.5 Å². The average molecular weight is 796 g/mol. The Hall–Kier alpha value is -2.70. The van der Waals surface area contributed by atoms with E-state index in [1.165, 1.54) is 109 Å². The van der Waals surface area contributed by atoms with Gasteiger partial charge in [0.15, 0.2) is 0 Å². The number of hydrogen-bond donors (Lipinski definition) is 3. The number of aliphatic hydroxyl groups is 2. The minimum absolute atomic E-state index is 0.0240. The molecule has 0 aliphatic rings. The van der Waals surface area contributed by atoms with E-state index >= 15 is 0 Å². The molecule has 0 rings (SSSR count). The van der Waals surface area contributed by atoms with Crippen LogP contribution in [0.2, 0.25) is 0 Å². The summed E-state index contributed by atoms with van der Waals surface area (Å²) in [6, 6.07) is -0.742. The van der Waals surface area contributed by atoms with Gasteiger partial charge in [-0.25, -0.2) is 0 Å². The molecule has 0 radical (unpaired) electrons. The number of ether oxygens (including phenoxy) is 1. The van der Waals surface area contributed by atoms with Crippen molar-refractivity contribution in [1.82, 2.24) is 5.32 Å². The van der Waals surface area contributed by atoms with Crippen LogP contribution < -0.4 is 5.32 Å². The van der Waals surface area contributed by atoms with Crippen LogP contribution >= 0.6 is 0 Å². The summed E-state index contributed by atoms with van der Waals surface area (Å²) in [5, 5.41) is 23.6. The molecule has 0 aromatic carbocycles. The Morgan fingerprint density at radius 3 is 1.53 bits per heavy atom. The van der Waals surface area contributed by atoms with Crippen LogP contribution in [0.3, 0.4) is 0 Å². The van der Waals surface area contributed by atoms with E-state index in [0.29, 0.717) is 19.3 Å². The summed E-state index contributed by atoms with van der Waals surface area (Å²) in [6.45, 7) is 6.25. The molecule has 0 saturated heterocycles. The van der Waals surface area contributed by atoms with Gasteiger partial charge in [-0.1, -0.05) is 229 Å². The van der Waals surface area contributed by atoms with Crippen molar-refractivity contribution in [3.63, 3.8) is 0 Å². The number of hydrogen-bond acceptors (Lipinski definition) is 5. The van der Waals surface area contributed by atoms with Crippen molar-refractivity contribution in [3.8, 4) is 0 Å². The minimum Gasteiger partial charge on any atom is -0.461 e. The smallest absolute Gasteiger partial charge is 0.306 e. The molecular formula is C51H89NO5. The van der Waals surface area contributed by atoms with E-state index in [9.17, 15) is 19.8 Å². The quantitative estimate of drug-likeness (QED) is 0.0248. The molecule has 0 aromatic rings. The lowest BCUT2D eigenvalue weighted by atomic mass is 10.0. The number of aliphatic hydroxyl groups excluding tert-OH is 2. The number of amides is 1. The van der Waals surface area contributed by atoms with E-state index in [-0.39, 0.29) is 24.9 Å². The van der Waals surface area contributed by atoms with Gasteiger partial charge in [0, 0.05) is 12.8 Å². The summed E-state index contributed by atoms with van der Waals surface area (Å²) in [4.78, 5) is 25.9. The summed E-state index contributed by atoms with van der Waals surface area (Å²) >= 11 is 0. The first-order chi connectivity index (χ1) is 28.0. The van der Waals surface area contributed by atoms with Gasteiger partial charge >= 0.3 is 5.97 Å². The van der Waals surface area contributed by atoms with Gasteiger partial charge in [-0.15, -0.1) is 0 Å². The van der Waals surface area contributed by atoms with E-state index in [2.05, 4.69) is 44.3 Å². The first kappa shape index (κ1) is 54.3. The summed E-state index contributed by atoms with van der Waals surface area (Å²) in [5.74, 6) is -0.623. The maximum atomic E-state index is 13.1. The zero-order valence-electron chi connectivity index (χ0n) is 37.2. The Kier molecular flexibility index (Phi) is 42.3. The Morgan fingerprint density at radius 2 is 1.00 bits per heavy atom. The largest absolute Gasteiger partial charge is 0.461 e. The lowest BCUT2D eigenvalue weighted by Crippen LogP contribution is -2.46. The fourth-order valence-corrected chi connectivity index (χ4v) is 6.78. The van der Waals surface area contributed by atoms with Crippen LogP contribution in [0.25, 0.3) is 0 Å². The highest BCUT2D eigenvalue weighted by Gasteiger charge is 2.23. The van der Waals surface area contributed by atoms with Crippen molar-refractivity contribution in [3.05, 3.63) is 72.9 Å². The second-order valence-electron chi connectivity index (χ2n) is 15.9. The summed E-state index contributed by atoms with van der Waals surface area (Å²) in [5.41, 5.74) is 0. The van der Waals surface area contributed by atoms with Gasteiger partial charge in [0.1, 0.15) is 6.10 Å². The van der Waals surface area contributed by atoms with Gasteiger partial charge in [-0.3, -0.25) is 9.59 Å². The molecule has 3 N–H and O–H groups in total. The highest BCUT2D eigenvalue weighted by molar-refractivity contribution is 5.77. The van der Waals surface area contributed by atoms with Crippen LogP contribution in [0.1, 0.15) is 213 Å². The molecule has 0 heterocycles. The van der Waals surface area contributed by atoms with Crippen molar-refractivity contribution >= 4 is 11.9 Å². The fourth-order valence-electron chi connectivity index (χ4n) is 6.78. The van der Waals surface area contributed by atoms with E-state index in [1.807, 2.05) is 54.7 Å². The van der Waals surface area contributed by atoms with E-state index < -0.39 is 18.2 Å². The summed E-state index contributed by atoms with van der Waals surface area (Å²) < 4.78 is 5.81. The molecule has 0 aliphatic carbocycles. The lowest BCUT2D eigenvalue weighted by molar-refractivity contribution is -0.150. The van der Waals surface area contributed by atoms with Crippen molar-refractivity contribution in [1.29, 1.82) is 0 Å². The number of nitrogens with one attached hydrogen (secondary N) is 1. The van der Waals surface area contributed by atoms with E-state index in [1.54, 1.807) is 0 Å². The standard InChI is InChI=1S/C51H89NO5/c1-4-7-10-13-16-19-22-23-24-25-26-29-31-34-37-40-43-49(54)48(46-53)52-50(55)45-47(42-39-36-33-30-27-20-17-14-11-8-5-2)57-51(56)44-41-38-35-32-28-21-18-15-12-9-6-3/h8,11,14-15,17-18,20,27,30,33,36,39,47-49,53-54H,4-7,9-10,12-13,16,19,21-26,28-29,31-32,34-35,37-38,40-46H2,1-3H3,(H,52,55)/b11-8+,17-14+,18-15-,27-20-,33-30-,39-36+. The van der Waals surface area contributed by atoms with Gasteiger partial charge in [-0.05, 0) is 38.5 Å². The van der Waals surface area contributed by atoms with Crippen molar-refractivity contribution in [2.24, 2.45) is 0 Å². The minimum atomic E-state index is -0.820. The molecule has 0 fully saturated rings. The Bertz CT molecular complexity index is 1070. The lowest BCUT2D eigenvalue weighted by Gasteiger charge is -2.24. The van der Waals surface area contributed by atoms with Crippen LogP contribution in [0.5, 0.6) is 0 Å². The molecule has 1 amide bonds. The Morgan fingerprint density at radius 1 is 0.544 bits per heavy atom. The van der Waals surface area contributed by atoms with Crippen LogP contribution in [0.15, 0.2) is 72.9 Å². The molecule has 328 valence electrons. The Labute approximate surface area is 351 Å². The third-order valence-corrected chi connectivity index (χ3v) is 10.4. The second-order valence-corrected chi connectivity index (χ2v) is 15.9. The Balaban J connectivity index is 4.64. The van der Waals surface area contributed by atoms with E-state index in [0.717, 1.165) is 57.8 Å². The van der Waals surface area contributed by atoms with Gasteiger partial charge < -0.3 is 20.3 Å². The third-order valence-electron chi connectivity index (χ3n) is 10.4.